The van der Waals surface area contributed by atoms with E-state index in [1.165, 1.54) is 12.8 Å². The fraction of sp³-hybridized carbons (Fsp3) is 1.00. The molecule has 3 nitrogen and oxygen atoms in total. The van der Waals surface area contributed by atoms with Gasteiger partial charge in [-0.2, -0.15) is 0 Å². The lowest BCUT2D eigenvalue weighted by molar-refractivity contribution is 0.0464. The summed E-state index contributed by atoms with van der Waals surface area (Å²) in [5.41, 5.74) is 0. The number of hydrogen-bond acceptors (Lipinski definition) is 3. The van der Waals surface area contributed by atoms with Crippen molar-refractivity contribution >= 4 is 0 Å². The minimum Gasteiger partial charge on any atom is -0.379 e. The molecule has 62 valence electrons. The highest BCUT2D eigenvalue weighted by Gasteiger charge is 1.86. The third kappa shape index (κ3) is 7.88. The summed E-state index contributed by atoms with van der Waals surface area (Å²) >= 11 is 0. The second-order valence-electron chi connectivity index (χ2n) is 2.19. The Morgan fingerprint density at radius 2 is 1.90 bits per heavy atom. The molecule has 0 heterocycles. The Morgan fingerprint density at radius 3 is 2.50 bits per heavy atom. The molecule has 0 fully saturated rings. The summed E-state index contributed by atoms with van der Waals surface area (Å²) in [5, 5.41) is 0. The predicted molar refractivity (Wildman–Crippen MR) is 40.5 cm³/mol. The molecule has 10 heavy (non-hydrogen) atoms. The van der Waals surface area contributed by atoms with E-state index in [0.717, 1.165) is 13.0 Å². The van der Waals surface area contributed by atoms with Crippen LogP contribution in [0.4, 0.5) is 0 Å². The maximum Gasteiger partial charge on any atom is 0.0913 e. The fourth-order valence-corrected chi connectivity index (χ4v) is 0.663. The summed E-state index contributed by atoms with van der Waals surface area (Å²) in [6.07, 6.45) is 3.61. The van der Waals surface area contributed by atoms with E-state index in [-0.39, 0.29) is 0 Å². The SMILES string of the molecule is CCCCCOCCON. The Kier molecular flexibility index (Phi) is 8.77. The summed E-state index contributed by atoms with van der Waals surface area (Å²) in [5.74, 6) is 4.79. The van der Waals surface area contributed by atoms with Crippen molar-refractivity contribution in [3.63, 3.8) is 0 Å². The summed E-state index contributed by atoms with van der Waals surface area (Å²) in [6, 6.07) is 0. The van der Waals surface area contributed by atoms with Crippen molar-refractivity contribution in [3.8, 4) is 0 Å². The Morgan fingerprint density at radius 1 is 1.10 bits per heavy atom. The molecule has 2 N–H and O–H groups in total. The number of ether oxygens (including phenoxy) is 1. The summed E-state index contributed by atoms with van der Waals surface area (Å²) < 4.78 is 5.17. The fourth-order valence-electron chi connectivity index (χ4n) is 0.663. The lowest BCUT2D eigenvalue weighted by Gasteiger charge is -2.00. The van der Waals surface area contributed by atoms with Gasteiger partial charge in [0.2, 0.25) is 0 Å². The second-order valence-corrected chi connectivity index (χ2v) is 2.19. The van der Waals surface area contributed by atoms with Crippen molar-refractivity contribution in [1.82, 2.24) is 0 Å². The standard InChI is InChI=1S/C7H17NO2/c1-2-3-4-5-9-6-7-10-8/h2-8H2,1H3. The maximum atomic E-state index is 5.17. The van der Waals surface area contributed by atoms with Gasteiger partial charge in [-0.1, -0.05) is 19.8 Å². The molecule has 0 aromatic rings. The van der Waals surface area contributed by atoms with Crippen LogP contribution in [0.5, 0.6) is 0 Å². The van der Waals surface area contributed by atoms with E-state index in [1.54, 1.807) is 0 Å². The average Bonchev–Trinajstić information content (AvgIpc) is 1.97. The molecule has 0 aromatic carbocycles. The van der Waals surface area contributed by atoms with Crippen LogP contribution >= 0.6 is 0 Å². The lowest BCUT2D eigenvalue weighted by Crippen LogP contribution is -2.08. The molecular weight excluding hydrogens is 130 g/mol. The third-order valence-corrected chi connectivity index (χ3v) is 1.24. The zero-order valence-corrected chi connectivity index (χ0v) is 6.64. The predicted octanol–water partition coefficient (Wildman–Crippen LogP) is 1.08. The minimum atomic E-state index is 0.492. The number of rotatable bonds is 7. The Hall–Kier alpha value is -0.120. The Bertz CT molecular complexity index is 51.6. The maximum absolute atomic E-state index is 5.17. The molecule has 0 unspecified atom stereocenters. The topological polar surface area (TPSA) is 44.5 Å². The zero-order valence-electron chi connectivity index (χ0n) is 6.64. The van der Waals surface area contributed by atoms with Crippen LogP contribution < -0.4 is 5.90 Å². The van der Waals surface area contributed by atoms with E-state index >= 15 is 0 Å². The summed E-state index contributed by atoms with van der Waals surface area (Å²) in [7, 11) is 0. The van der Waals surface area contributed by atoms with Gasteiger partial charge in [-0.05, 0) is 6.42 Å². The zero-order chi connectivity index (χ0) is 7.66. The first-order valence-corrected chi connectivity index (χ1v) is 3.81. The highest BCUT2D eigenvalue weighted by molar-refractivity contribution is 4.35. The van der Waals surface area contributed by atoms with Crippen molar-refractivity contribution in [1.29, 1.82) is 0 Å². The highest BCUT2D eigenvalue weighted by atomic mass is 16.6. The Balaban J connectivity index is 2.65. The van der Waals surface area contributed by atoms with Gasteiger partial charge < -0.3 is 9.57 Å². The second kappa shape index (κ2) is 8.88. The van der Waals surface area contributed by atoms with Gasteiger partial charge >= 0.3 is 0 Å². The van der Waals surface area contributed by atoms with E-state index in [4.69, 9.17) is 10.6 Å². The van der Waals surface area contributed by atoms with Crippen LogP contribution in [0.25, 0.3) is 0 Å². The quantitative estimate of drug-likeness (QED) is 0.433. The molecule has 0 amide bonds. The van der Waals surface area contributed by atoms with Gasteiger partial charge in [-0.25, -0.2) is 5.90 Å². The number of nitrogens with two attached hydrogens (primary N) is 1. The van der Waals surface area contributed by atoms with Crippen LogP contribution in [0, 0.1) is 0 Å². The molecule has 0 radical (unpaired) electrons. The molecule has 0 spiro atoms. The summed E-state index contributed by atoms with van der Waals surface area (Å²) in [4.78, 5) is 4.32. The van der Waals surface area contributed by atoms with E-state index in [2.05, 4.69) is 11.8 Å². The van der Waals surface area contributed by atoms with E-state index in [0.29, 0.717) is 13.2 Å². The molecular formula is C7H17NO2. The third-order valence-electron chi connectivity index (χ3n) is 1.24. The number of hydrogen-bond donors (Lipinski definition) is 1. The molecule has 0 aromatic heterocycles. The molecule has 0 rings (SSSR count). The van der Waals surface area contributed by atoms with Crippen LogP contribution in [0.3, 0.4) is 0 Å². The van der Waals surface area contributed by atoms with Gasteiger partial charge in [0.15, 0.2) is 0 Å². The van der Waals surface area contributed by atoms with Crippen LogP contribution in [0.1, 0.15) is 26.2 Å². The van der Waals surface area contributed by atoms with E-state index in [9.17, 15) is 0 Å². The first-order chi connectivity index (χ1) is 4.91. The van der Waals surface area contributed by atoms with Crippen molar-refractivity contribution in [3.05, 3.63) is 0 Å². The van der Waals surface area contributed by atoms with Gasteiger partial charge in [0.1, 0.15) is 0 Å². The van der Waals surface area contributed by atoms with Crippen LogP contribution in [0.15, 0.2) is 0 Å². The lowest BCUT2D eigenvalue weighted by atomic mass is 10.3. The monoisotopic (exact) mass is 147 g/mol. The molecule has 0 atom stereocenters. The van der Waals surface area contributed by atoms with E-state index in [1.807, 2.05) is 0 Å². The molecule has 0 saturated carbocycles. The van der Waals surface area contributed by atoms with E-state index < -0.39 is 0 Å². The molecule has 0 aliphatic heterocycles. The van der Waals surface area contributed by atoms with Crippen molar-refractivity contribution in [2.75, 3.05) is 19.8 Å². The minimum absolute atomic E-state index is 0.492. The van der Waals surface area contributed by atoms with Gasteiger partial charge in [-0.15, -0.1) is 0 Å². The first kappa shape index (κ1) is 9.88. The van der Waals surface area contributed by atoms with Gasteiger partial charge in [0.05, 0.1) is 13.2 Å². The largest absolute Gasteiger partial charge is 0.379 e. The molecule has 0 bridgehead atoms. The molecule has 0 saturated heterocycles. The average molecular weight is 147 g/mol. The summed E-state index contributed by atoms with van der Waals surface area (Å²) in [6.45, 7) is 4.10. The normalized spacial score (nSPS) is 10.2. The highest BCUT2D eigenvalue weighted by Crippen LogP contribution is 1.93. The van der Waals surface area contributed by atoms with Crippen LogP contribution in [-0.2, 0) is 9.57 Å². The van der Waals surface area contributed by atoms with Crippen LogP contribution in [-0.4, -0.2) is 19.8 Å². The Labute approximate surface area is 62.4 Å². The van der Waals surface area contributed by atoms with Gasteiger partial charge in [-0.3, -0.25) is 0 Å². The van der Waals surface area contributed by atoms with Gasteiger partial charge in [0.25, 0.3) is 0 Å². The van der Waals surface area contributed by atoms with Crippen molar-refractivity contribution in [2.24, 2.45) is 5.90 Å². The van der Waals surface area contributed by atoms with Gasteiger partial charge in [0, 0.05) is 6.61 Å². The van der Waals surface area contributed by atoms with Crippen molar-refractivity contribution < 1.29 is 9.57 Å². The smallest absolute Gasteiger partial charge is 0.0913 e. The molecule has 0 aliphatic rings. The van der Waals surface area contributed by atoms with Crippen LogP contribution in [0.2, 0.25) is 0 Å². The molecule has 0 aliphatic carbocycles. The molecule has 3 heteroatoms. The first-order valence-electron chi connectivity index (χ1n) is 3.81. The number of unbranched alkanes of at least 4 members (excludes halogenated alkanes) is 2. The van der Waals surface area contributed by atoms with Crippen molar-refractivity contribution in [2.45, 2.75) is 26.2 Å².